The minimum atomic E-state index is -3.83. The predicted octanol–water partition coefficient (Wildman–Crippen LogP) is 2.95. The first-order valence-corrected chi connectivity index (χ1v) is 13.7. The molecule has 1 unspecified atom stereocenters. The Morgan fingerprint density at radius 1 is 1.29 bits per heavy atom. The summed E-state index contributed by atoms with van der Waals surface area (Å²) in [4.78, 5) is 33.1. The highest BCUT2D eigenvalue weighted by Gasteiger charge is 2.49. The summed E-state index contributed by atoms with van der Waals surface area (Å²) in [5, 5.41) is 0.612. The van der Waals surface area contributed by atoms with Crippen molar-refractivity contribution in [2.75, 3.05) is 24.5 Å². The van der Waals surface area contributed by atoms with E-state index in [1.165, 1.54) is 36.8 Å². The van der Waals surface area contributed by atoms with Gasteiger partial charge in [0.25, 0.3) is 0 Å². The number of hydrogen-bond donors (Lipinski definition) is 1. The number of thiazole rings is 1. The van der Waals surface area contributed by atoms with Crippen molar-refractivity contribution in [2.45, 2.75) is 36.6 Å². The van der Waals surface area contributed by atoms with E-state index >= 15 is 0 Å². The molecule has 184 valence electrons. The number of likely N-dealkylation sites (tertiary alicyclic amines) is 1. The van der Waals surface area contributed by atoms with Gasteiger partial charge in [-0.05, 0) is 42.3 Å². The first-order chi connectivity index (χ1) is 16.7. The van der Waals surface area contributed by atoms with Gasteiger partial charge in [-0.15, -0.1) is 11.3 Å². The highest BCUT2D eigenvalue weighted by Crippen LogP contribution is 2.47. The summed E-state index contributed by atoms with van der Waals surface area (Å²) in [6, 6.07) is 8.19. The molecule has 4 heterocycles. The van der Waals surface area contributed by atoms with E-state index in [4.69, 9.17) is 16.0 Å². The molecule has 1 atom stereocenters. The lowest BCUT2D eigenvalue weighted by molar-refractivity contribution is -0.127. The van der Waals surface area contributed by atoms with Gasteiger partial charge in [0.2, 0.25) is 21.8 Å². The number of hydrogen-bond acceptors (Lipinski definition) is 7. The Morgan fingerprint density at radius 2 is 2.11 bits per heavy atom. The van der Waals surface area contributed by atoms with Crippen LogP contribution < -0.4 is 9.62 Å². The van der Waals surface area contributed by atoms with Gasteiger partial charge in [0.05, 0.1) is 30.3 Å². The third-order valence-corrected chi connectivity index (χ3v) is 9.06. The van der Waals surface area contributed by atoms with Crippen molar-refractivity contribution in [1.82, 2.24) is 14.6 Å². The third-order valence-electron chi connectivity index (χ3n) is 6.55. The molecule has 5 rings (SSSR count). The van der Waals surface area contributed by atoms with E-state index in [-0.39, 0.29) is 29.7 Å². The highest BCUT2D eigenvalue weighted by atomic mass is 35.5. The van der Waals surface area contributed by atoms with Crippen LogP contribution in [0.5, 0.6) is 0 Å². The maximum Gasteiger partial charge on any atom is 0.240 e. The number of rotatable bonds is 6. The van der Waals surface area contributed by atoms with Crippen molar-refractivity contribution in [3.05, 3.63) is 63.5 Å². The van der Waals surface area contributed by atoms with Gasteiger partial charge in [-0.25, -0.2) is 18.1 Å². The summed E-state index contributed by atoms with van der Waals surface area (Å²) >= 11 is 7.23. The van der Waals surface area contributed by atoms with E-state index in [1.807, 2.05) is 0 Å². The Kier molecular flexibility index (Phi) is 6.20. The summed E-state index contributed by atoms with van der Waals surface area (Å²) in [5.74, 6) is 0.301. The molecule has 12 heteroatoms. The van der Waals surface area contributed by atoms with E-state index in [0.717, 1.165) is 5.56 Å². The zero-order valence-electron chi connectivity index (χ0n) is 18.9. The third kappa shape index (κ3) is 4.61. The van der Waals surface area contributed by atoms with Gasteiger partial charge in [-0.1, -0.05) is 11.6 Å². The van der Waals surface area contributed by atoms with E-state index in [1.54, 1.807) is 34.1 Å². The van der Waals surface area contributed by atoms with Crippen LogP contribution in [0.3, 0.4) is 0 Å². The molecule has 0 radical (unpaired) electrons. The molecule has 2 aliphatic heterocycles. The lowest BCUT2D eigenvalue weighted by Gasteiger charge is -2.25. The van der Waals surface area contributed by atoms with Gasteiger partial charge in [-0.2, -0.15) is 0 Å². The Bertz CT molecular complexity index is 1390. The number of amides is 2. The Balaban J connectivity index is 1.48. The number of carbonyl (C=O) groups excluding carboxylic acids is 2. The average molecular weight is 535 g/mol. The summed E-state index contributed by atoms with van der Waals surface area (Å²) in [6.45, 7) is 2.88. The van der Waals surface area contributed by atoms with E-state index in [9.17, 15) is 18.0 Å². The molecule has 2 aromatic heterocycles. The van der Waals surface area contributed by atoms with Crippen LogP contribution in [0.25, 0.3) is 0 Å². The van der Waals surface area contributed by atoms with Crippen LogP contribution in [0, 0.1) is 0 Å². The number of halogens is 1. The van der Waals surface area contributed by atoms with Crippen molar-refractivity contribution in [1.29, 1.82) is 0 Å². The SMILES string of the molecule is CC(=O)N1CCC2(C1)CN(C(=O)Cc1ncc(Cl)s1)c1ccc(S(=O)(=O)NCc3ccco3)cc12. The fourth-order valence-electron chi connectivity index (χ4n) is 4.79. The van der Waals surface area contributed by atoms with Gasteiger partial charge in [0.1, 0.15) is 15.1 Å². The van der Waals surface area contributed by atoms with Crippen molar-refractivity contribution in [3.8, 4) is 0 Å². The largest absolute Gasteiger partial charge is 0.468 e. The fourth-order valence-corrected chi connectivity index (χ4v) is 6.75. The summed E-state index contributed by atoms with van der Waals surface area (Å²) in [7, 11) is -3.83. The molecular weight excluding hydrogens is 512 g/mol. The summed E-state index contributed by atoms with van der Waals surface area (Å²) < 4.78 is 34.4. The normalized spacial score (nSPS) is 19.5. The number of furan rings is 1. The Labute approximate surface area is 211 Å². The van der Waals surface area contributed by atoms with E-state index in [0.29, 0.717) is 46.8 Å². The molecule has 0 aliphatic carbocycles. The van der Waals surface area contributed by atoms with Crippen LogP contribution in [0.4, 0.5) is 5.69 Å². The Morgan fingerprint density at radius 3 is 2.77 bits per heavy atom. The number of fused-ring (bicyclic) bond motifs is 2. The second-order valence-corrected chi connectivity index (χ2v) is 12.3. The molecule has 1 saturated heterocycles. The molecule has 2 aliphatic rings. The summed E-state index contributed by atoms with van der Waals surface area (Å²) in [6.07, 6.45) is 3.72. The van der Waals surface area contributed by atoms with Crippen LogP contribution in [-0.4, -0.2) is 49.8 Å². The summed E-state index contributed by atoms with van der Waals surface area (Å²) in [5.41, 5.74) is 0.879. The molecule has 1 spiro atoms. The maximum absolute atomic E-state index is 13.3. The first kappa shape index (κ1) is 24.0. The molecule has 2 amide bonds. The van der Waals surface area contributed by atoms with Crippen molar-refractivity contribution in [2.24, 2.45) is 0 Å². The van der Waals surface area contributed by atoms with Gasteiger partial charge >= 0.3 is 0 Å². The second kappa shape index (κ2) is 9.05. The molecule has 9 nitrogen and oxygen atoms in total. The fraction of sp³-hybridized carbons (Fsp3) is 0.348. The smallest absolute Gasteiger partial charge is 0.240 e. The number of sulfonamides is 1. The number of carbonyl (C=O) groups is 2. The highest BCUT2D eigenvalue weighted by molar-refractivity contribution is 7.89. The monoisotopic (exact) mass is 534 g/mol. The molecule has 0 saturated carbocycles. The minimum Gasteiger partial charge on any atom is -0.468 e. The van der Waals surface area contributed by atoms with Gasteiger partial charge < -0.3 is 14.2 Å². The van der Waals surface area contributed by atoms with Crippen LogP contribution in [0.1, 0.15) is 29.7 Å². The molecule has 1 fully saturated rings. The van der Waals surface area contributed by atoms with E-state index in [2.05, 4.69) is 9.71 Å². The van der Waals surface area contributed by atoms with Gasteiger partial charge in [0.15, 0.2) is 0 Å². The van der Waals surface area contributed by atoms with Crippen LogP contribution >= 0.6 is 22.9 Å². The quantitative estimate of drug-likeness (QED) is 0.520. The molecule has 3 aromatic rings. The number of anilines is 1. The van der Waals surface area contributed by atoms with Crippen molar-refractivity contribution < 1.29 is 22.4 Å². The molecular formula is C23H23ClN4O5S2. The van der Waals surface area contributed by atoms with Crippen LogP contribution in [-0.2, 0) is 38.0 Å². The zero-order valence-corrected chi connectivity index (χ0v) is 21.3. The Hall–Kier alpha value is -2.73. The van der Waals surface area contributed by atoms with Crippen molar-refractivity contribution >= 4 is 50.5 Å². The average Bonchev–Trinajstić information content (AvgIpc) is 3.61. The lowest BCUT2D eigenvalue weighted by atomic mass is 9.81. The second-order valence-electron chi connectivity index (χ2n) is 8.77. The zero-order chi connectivity index (χ0) is 24.8. The number of nitrogens with one attached hydrogen (secondary N) is 1. The number of aromatic nitrogens is 1. The first-order valence-electron chi connectivity index (χ1n) is 11.0. The molecule has 1 N–H and O–H groups in total. The maximum atomic E-state index is 13.3. The topological polar surface area (TPSA) is 113 Å². The van der Waals surface area contributed by atoms with Gasteiger partial charge in [-0.3, -0.25) is 9.59 Å². The van der Waals surface area contributed by atoms with Crippen molar-refractivity contribution in [3.63, 3.8) is 0 Å². The van der Waals surface area contributed by atoms with E-state index < -0.39 is 15.4 Å². The number of benzene rings is 1. The standard InChI is InChI=1S/C23H23ClN4O5S2/c1-15(29)27-7-6-23(13-27)14-28(22(30)10-21-25-12-20(24)34-21)19-5-4-17(9-18(19)23)35(31,32)26-11-16-3-2-8-33-16/h2-5,8-9,12,26H,6-7,10-11,13-14H2,1H3. The number of nitrogens with zero attached hydrogens (tertiary/aromatic N) is 3. The van der Waals surface area contributed by atoms with Crippen LogP contribution in [0.2, 0.25) is 4.34 Å². The predicted molar refractivity (Wildman–Crippen MR) is 131 cm³/mol. The molecule has 0 bridgehead atoms. The lowest BCUT2D eigenvalue weighted by Crippen LogP contribution is -2.40. The molecule has 35 heavy (non-hydrogen) atoms. The molecule has 1 aromatic carbocycles. The van der Waals surface area contributed by atoms with Gasteiger partial charge in [0, 0.05) is 37.7 Å². The van der Waals surface area contributed by atoms with Crippen LogP contribution in [0.15, 0.2) is 52.1 Å². The minimum absolute atomic E-state index is 0.0245.